The zero-order chi connectivity index (χ0) is 21.4. The molecule has 0 radical (unpaired) electrons. The van der Waals surface area contributed by atoms with Crippen molar-refractivity contribution in [3.05, 3.63) is 53.1 Å². The molecule has 0 saturated carbocycles. The van der Waals surface area contributed by atoms with Gasteiger partial charge in [0.2, 0.25) is 0 Å². The van der Waals surface area contributed by atoms with E-state index in [9.17, 15) is 9.59 Å². The van der Waals surface area contributed by atoms with Gasteiger partial charge in [0.05, 0.1) is 26.4 Å². The van der Waals surface area contributed by atoms with Crippen molar-refractivity contribution < 1.29 is 28.5 Å². The summed E-state index contributed by atoms with van der Waals surface area (Å²) < 4.78 is 21.1. The molecule has 29 heavy (non-hydrogen) atoms. The molecule has 7 heteroatoms. The second kappa shape index (κ2) is 10.4. The minimum absolute atomic E-state index is 0.256. The fourth-order valence-electron chi connectivity index (χ4n) is 2.74. The van der Waals surface area contributed by atoms with Crippen molar-refractivity contribution in [1.82, 2.24) is 4.90 Å². The van der Waals surface area contributed by atoms with E-state index >= 15 is 0 Å². The Hall–Kier alpha value is -3.22. The summed E-state index contributed by atoms with van der Waals surface area (Å²) in [7, 11) is 4.68. The summed E-state index contributed by atoms with van der Waals surface area (Å²) in [6.45, 7) is 4.39. The Morgan fingerprint density at radius 1 is 1.00 bits per heavy atom. The Labute approximate surface area is 171 Å². The van der Waals surface area contributed by atoms with Crippen LogP contribution in [-0.4, -0.2) is 51.3 Å². The van der Waals surface area contributed by atoms with Crippen LogP contribution in [0.3, 0.4) is 0 Å². The molecule has 2 aromatic carbocycles. The van der Waals surface area contributed by atoms with E-state index in [0.29, 0.717) is 24.7 Å². The fraction of sp³-hybridized carbons (Fsp3) is 0.364. The predicted molar refractivity (Wildman–Crippen MR) is 109 cm³/mol. The highest BCUT2D eigenvalue weighted by atomic mass is 16.5. The van der Waals surface area contributed by atoms with Crippen molar-refractivity contribution in [1.29, 1.82) is 0 Å². The highest BCUT2D eigenvalue weighted by molar-refractivity contribution is 5.92. The third-order valence-electron chi connectivity index (χ3n) is 4.39. The summed E-state index contributed by atoms with van der Waals surface area (Å²) in [5.41, 5.74) is 1.98. The maximum atomic E-state index is 12.4. The molecule has 0 fully saturated rings. The Kier molecular flexibility index (Phi) is 7.88. The van der Waals surface area contributed by atoms with Crippen molar-refractivity contribution in [2.24, 2.45) is 0 Å². The number of amides is 1. The highest BCUT2D eigenvalue weighted by Gasteiger charge is 2.17. The molecular weight excluding hydrogens is 374 g/mol. The van der Waals surface area contributed by atoms with Crippen LogP contribution >= 0.6 is 0 Å². The zero-order valence-electron chi connectivity index (χ0n) is 17.5. The van der Waals surface area contributed by atoms with Crippen LogP contribution in [0.25, 0.3) is 0 Å². The van der Waals surface area contributed by atoms with E-state index in [1.54, 1.807) is 19.2 Å². The largest absolute Gasteiger partial charge is 0.496 e. The quantitative estimate of drug-likeness (QED) is 0.601. The van der Waals surface area contributed by atoms with E-state index in [1.807, 2.05) is 38.1 Å². The number of hydrogen-bond donors (Lipinski definition) is 0. The summed E-state index contributed by atoms with van der Waals surface area (Å²) in [4.78, 5) is 26.2. The molecule has 7 nitrogen and oxygen atoms in total. The Balaban J connectivity index is 1.94. The van der Waals surface area contributed by atoms with Crippen LogP contribution in [0.5, 0.6) is 17.2 Å². The molecule has 2 aromatic rings. The van der Waals surface area contributed by atoms with Gasteiger partial charge in [-0.2, -0.15) is 0 Å². The van der Waals surface area contributed by atoms with Gasteiger partial charge in [0.25, 0.3) is 5.91 Å². The van der Waals surface area contributed by atoms with Gasteiger partial charge in [0, 0.05) is 19.2 Å². The average Bonchev–Trinajstić information content (AvgIpc) is 2.73. The first-order valence-corrected chi connectivity index (χ1v) is 9.25. The first-order valence-electron chi connectivity index (χ1n) is 9.25. The first kappa shape index (κ1) is 22.1. The summed E-state index contributed by atoms with van der Waals surface area (Å²) in [5.74, 6) is 0.872. The second-order valence-corrected chi connectivity index (χ2v) is 6.41. The lowest BCUT2D eigenvalue weighted by atomic mass is 10.1. The fourth-order valence-corrected chi connectivity index (χ4v) is 2.74. The van der Waals surface area contributed by atoms with Crippen LogP contribution in [0.4, 0.5) is 0 Å². The van der Waals surface area contributed by atoms with Crippen molar-refractivity contribution in [3.8, 4) is 17.2 Å². The Bertz CT molecular complexity index is 822. The van der Waals surface area contributed by atoms with E-state index < -0.39 is 5.97 Å². The molecule has 0 aliphatic heterocycles. The molecule has 0 N–H and O–H groups in total. The van der Waals surface area contributed by atoms with E-state index in [4.69, 9.17) is 18.9 Å². The molecule has 156 valence electrons. The van der Waals surface area contributed by atoms with E-state index in [-0.39, 0.29) is 18.1 Å². The third-order valence-corrected chi connectivity index (χ3v) is 4.39. The number of nitrogens with zero attached hydrogens (tertiary/aromatic N) is 1. The molecule has 1 amide bonds. The molecular formula is C22H27NO6. The standard InChI is InChI=1S/C22H27NO6/c1-6-28-18-9-7-16(8-10-18)13-23(3)21(24)14-29-22(25)17-11-19(26-4)15(2)20(12-17)27-5/h7-12H,6,13-14H2,1-5H3. The van der Waals surface area contributed by atoms with Gasteiger partial charge in [0.1, 0.15) is 17.2 Å². The number of ether oxygens (including phenoxy) is 4. The van der Waals surface area contributed by atoms with E-state index in [1.165, 1.54) is 19.1 Å². The maximum absolute atomic E-state index is 12.4. The normalized spacial score (nSPS) is 10.2. The van der Waals surface area contributed by atoms with Gasteiger partial charge in [-0.25, -0.2) is 4.79 Å². The molecule has 0 aromatic heterocycles. The minimum Gasteiger partial charge on any atom is -0.496 e. The molecule has 0 aliphatic rings. The highest BCUT2D eigenvalue weighted by Crippen LogP contribution is 2.29. The molecule has 0 bridgehead atoms. The molecule has 0 aliphatic carbocycles. The molecule has 0 unspecified atom stereocenters. The Morgan fingerprint density at radius 2 is 1.59 bits per heavy atom. The maximum Gasteiger partial charge on any atom is 0.338 e. The topological polar surface area (TPSA) is 74.3 Å². The van der Waals surface area contributed by atoms with Gasteiger partial charge in [-0.05, 0) is 43.7 Å². The van der Waals surface area contributed by atoms with Crippen LogP contribution in [0.1, 0.15) is 28.4 Å². The lowest BCUT2D eigenvalue weighted by Crippen LogP contribution is -2.30. The average molecular weight is 401 g/mol. The Morgan fingerprint density at radius 3 is 2.10 bits per heavy atom. The summed E-state index contributed by atoms with van der Waals surface area (Å²) >= 11 is 0. The number of carbonyl (C=O) groups is 2. The molecule has 0 atom stereocenters. The molecule has 0 heterocycles. The number of esters is 1. The number of benzene rings is 2. The van der Waals surface area contributed by atoms with Crippen molar-refractivity contribution in [2.45, 2.75) is 20.4 Å². The van der Waals surface area contributed by atoms with Crippen LogP contribution in [0.15, 0.2) is 36.4 Å². The lowest BCUT2D eigenvalue weighted by Gasteiger charge is -2.18. The number of methoxy groups -OCH3 is 2. The minimum atomic E-state index is -0.621. The summed E-state index contributed by atoms with van der Waals surface area (Å²) in [6.07, 6.45) is 0. The number of hydrogen-bond acceptors (Lipinski definition) is 6. The molecule has 2 rings (SSSR count). The van der Waals surface area contributed by atoms with E-state index in [2.05, 4.69) is 0 Å². The van der Waals surface area contributed by atoms with Gasteiger partial charge in [0.15, 0.2) is 6.61 Å². The molecule has 0 spiro atoms. The smallest absolute Gasteiger partial charge is 0.338 e. The van der Waals surface area contributed by atoms with E-state index in [0.717, 1.165) is 16.9 Å². The van der Waals surface area contributed by atoms with Crippen molar-refractivity contribution in [2.75, 3.05) is 34.5 Å². The summed E-state index contributed by atoms with van der Waals surface area (Å²) in [5, 5.41) is 0. The second-order valence-electron chi connectivity index (χ2n) is 6.41. The van der Waals surface area contributed by atoms with Crippen molar-refractivity contribution in [3.63, 3.8) is 0 Å². The van der Waals surface area contributed by atoms with Gasteiger partial charge in [-0.15, -0.1) is 0 Å². The van der Waals surface area contributed by atoms with Crippen LogP contribution in [-0.2, 0) is 16.1 Å². The third kappa shape index (κ3) is 5.88. The van der Waals surface area contributed by atoms with Crippen LogP contribution in [0.2, 0.25) is 0 Å². The monoisotopic (exact) mass is 401 g/mol. The van der Waals surface area contributed by atoms with Gasteiger partial charge in [-0.3, -0.25) is 4.79 Å². The van der Waals surface area contributed by atoms with Crippen LogP contribution < -0.4 is 14.2 Å². The number of carbonyl (C=O) groups excluding carboxylic acids is 2. The number of likely N-dealkylation sites (N-methyl/N-ethyl adjacent to an activating group) is 1. The lowest BCUT2D eigenvalue weighted by molar-refractivity contribution is -0.133. The predicted octanol–water partition coefficient (Wildman–Crippen LogP) is 3.23. The van der Waals surface area contributed by atoms with Gasteiger partial charge in [-0.1, -0.05) is 12.1 Å². The van der Waals surface area contributed by atoms with Gasteiger partial charge >= 0.3 is 5.97 Å². The first-order chi connectivity index (χ1) is 13.9. The van der Waals surface area contributed by atoms with Crippen molar-refractivity contribution >= 4 is 11.9 Å². The SMILES string of the molecule is CCOc1ccc(CN(C)C(=O)COC(=O)c2cc(OC)c(C)c(OC)c2)cc1. The summed E-state index contributed by atoms with van der Waals surface area (Å²) in [6, 6.07) is 10.6. The molecule has 0 saturated heterocycles. The zero-order valence-corrected chi connectivity index (χ0v) is 17.5. The van der Waals surface area contributed by atoms with Gasteiger partial charge < -0.3 is 23.8 Å². The number of rotatable bonds is 9. The van der Waals surface area contributed by atoms with Crippen LogP contribution in [0, 0.1) is 6.92 Å².